The summed E-state index contributed by atoms with van der Waals surface area (Å²) in [5.41, 5.74) is 0. The molecule has 0 fully saturated rings. The molecule has 0 aromatic rings. The summed E-state index contributed by atoms with van der Waals surface area (Å²) in [6, 6.07) is -0.846. The summed E-state index contributed by atoms with van der Waals surface area (Å²) < 4.78 is 23.6. The third-order valence-corrected chi connectivity index (χ3v) is 12.6. The number of phosphoric ester groups is 1. The van der Waals surface area contributed by atoms with Gasteiger partial charge in [0.25, 0.3) is 0 Å². The number of unbranched alkanes of at least 4 members (excludes halogenated alkanes) is 30. The highest BCUT2D eigenvalue weighted by molar-refractivity contribution is 7.47. The van der Waals surface area contributed by atoms with Crippen LogP contribution < -0.4 is 5.32 Å². The van der Waals surface area contributed by atoms with Crippen molar-refractivity contribution in [3.05, 3.63) is 36.5 Å². The zero-order valence-corrected chi connectivity index (χ0v) is 41.8. The van der Waals surface area contributed by atoms with E-state index in [4.69, 9.17) is 9.05 Å². The van der Waals surface area contributed by atoms with Crippen LogP contribution in [0.25, 0.3) is 0 Å². The van der Waals surface area contributed by atoms with Crippen molar-refractivity contribution in [3.8, 4) is 0 Å². The summed E-state index contributed by atoms with van der Waals surface area (Å²) in [6.07, 6.45) is 55.0. The number of allylic oxidation sites excluding steroid dienone is 5. The molecule has 0 aliphatic heterocycles. The number of amides is 1. The van der Waals surface area contributed by atoms with Gasteiger partial charge < -0.3 is 19.8 Å². The summed E-state index contributed by atoms with van der Waals surface area (Å²) in [5.74, 6) is -0.178. The van der Waals surface area contributed by atoms with Gasteiger partial charge in [-0.2, -0.15) is 0 Å². The van der Waals surface area contributed by atoms with Crippen molar-refractivity contribution in [3.63, 3.8) is 0 Å². The Morgan fingerprint density at radius 2 is 0.934 bits per heavy atom. The van der Waals surface area contributed by atoms with Crippen LogP contribution in [0, 0.1) is 0 Å². The molecule has 0 spiro atoms. The predicted molar refractivity (Wildman–Crippen MR) is 263 cm³/mol. The van der Waals surface area contributed by atoms with Gasteiger partial charge in [-0.3, -0.25) is 13.8 Å². The first kappa shape index (κ1) is 59.7. The average molecular weight is 882 g/mol. The molecule has 3 unspecified atom stereocenters. The number of aliphatic hydroxyl groups is 1. The summed E-state index contributed by atoms with van der Waals surface area (Å²) >= 11 is 0. The van der Waals surface area contributed by atoms with Gasteiger partial charge in [-0.1, -0.05) is 217 Å². The molecular formula is C52H102N2O6P+. The second-order valence-corrected chi connectivity index (χ2v) is 20.4. The van der Waals surface area contributed by atoms with Crippen molar-refractivity contribution in [2.24, 2.45) is 0 Å². The normalized spacial score (nSPS) is 14.4. The van der Waals surface area contributed by atoms with E-state index in [1.54, 1.807) is 6.08 Å². The summed E-state index contributed by atoms with van der Waals surface area (Å²) in [5, 5.41) is 13.9. The molecule has 61 heavy (non-hydrogen) atoms. The minimum atomic E-state index is -4.34. The number of aliphatic hydroxyl groups excluding tert-OH is 1. The average Bonchev–Trinajstić information content (AvgIpc) is 3.21. The molecule has 0 aromatic carbocycles. The number of carbonyl (C=O) groups is 1. The maximum Gasteiger partial charge on any atom is 0.472 e. The van der Waals surface area contributed by atoms with Crippen LogP contribution in [0.15, 0.2) is 36.5 Å². The lowest BCUT2D eigenvalue weighted by Gasteiger charge is -2.25. The number of nitrogens with one attached hydrogen (secondary N) is 1. The SMILES string of the molecule is CCCCCCC/C=C\C/C=C\CCCCCCCCCCCCCC(=O)NC(COP(=O)(O)OCC[N+](C)(C)C)C(O)/C=C/CCCCCCCCCCCCCCCC. The molecule has 360 valence electrons. The highest BCUT2D eigenvalue weighted by Gasteiger charge is 2.27. The number of phosphoric acid groups is 1. The van der Waals surface area contributed by atoms with Crippen molar-refractivity contribution in [1.29, 1.82) is 0 Å². The summed E-state index contributed by atoms with van der Waals surface area (Å²) in [7, 11) is 1.57. The van der Waals surface area contributed by atoms with Crippen LogP contribution in [0.1, 0.15) is 239 Å². The second-order valence-electron chi connectivity index (χ2n) is 18.9. The van der Waals surface area contributed by atoms with E-state index in [0.717, 1.165) is 44.9 Å². The monoisotopic (exact) mass is 882 g/mol. The third-order valence-electron chi connectivity index (χ3n) is 11.6. The molecule has 0 aromatic heterocycles. The standard InChI is InChI=1S/C52H101N2O6P/c1-6-8-10-12-14-16-18-20-22-24-25-26-27-28-29-30-32-34-36-38-40-42-44-46-52(56)53-50(49-60-61(57,58)59-48-47-54(3,4)5)51(55)45-43-41-39-37-35-33-31-23-21-19-17-15-13-11-9-7-2/h18,20,24-25,43,45,50-51,55H,6-17,19,21-23,26-42,44,46-49H2,1-5H3,(H-,53,56,57,58)/p+1/b20-18-,25-24-,45-43+. The minimum absolute atomic E-state index is 0.0615. The quantitative estimate of drug-likeness (QED) is 0.0243. The van der Waals surface area contributed by atoms with Gasteiger partial charge in [0.1, 0.15) is 13.2 Å². The lowest BCUT2D eigenvalue weighted by molar-refractivity contribution is -0.870. The van der Waals surface area contributed by atoms with E-state index in [0.29, 0.717) is 17.4 Å². The zero-order valence-electron chi connectivity index (χ0n) is 40.9. The number of carbonyl (C=O) groups excluding carboxylic acids is 1. The Morgan fingerprint density at radius 3 is 1.34 bits per heavy atom. The summed E-state index contributed by atoms with van der Waals surface area (Å²) in [6.45, 7) is 4.82. The van der Waals surface area contributed by atoms with E-state index in [1.165, 1.54) is 173 Å². The fourth-order valence-electron chi connectivity index (χ4n) is 7.48. The van der Waals surface area contributed by atoms with Gasteiger partial charge in [-0.25, -0.2) is 4.57 Å². The molecule has 0 aliphatic carbocycles. The van der Waals surface area contributed by atoms with Gasteiger partial charge in [-0.15, -0.1) is 0 Å². The molecule has 1 amide bonds. The van der Waals surface area contributed by atoms with E-state index < -0.39 is 20.0 Å². The number of quaternary nitrogens is 1. The van der Waals surface area contributed by atoms with Crippen molar-refractivity contribution < 1.29 is 32.9 Å². The molecule has 8 nitrogen and oxygen atoms in total. The Balaban J connectivity index is 4.27. The number of rotatable bonds is 47. The topological polar surface area (TPSA) is 105 Å². The molecule has 9 heteroatoms. The van der Waals surface area contributed by atoms with Crippen LogP contribution in [0.5, 0.6) is 0 Å². The molecule has 3 N–H and O–H groups in total. The van der Waals surface area contributed by atoms with Crippen LogP contribution in [0.4, 0.5) is 0 Å². The Labute approximate surface area is 378 Å². The molecule has 0 rings (SSSR count). The van der Waals surface area contributed by atoms with Crippen LogP contribution in [0.2, 0.25) is 0 Å². The van der Waals surface area contributed by atoms with Crippen molar-refractivity contribution in [2.75, 3.05) is 40.9 Å². The number of hydrogen-bond donors (Lipinski definition) is 3. The van der Waals surface area contributed by atoms with Crippen LogP contribution in [-0.2, 0) is 18.4 Å². The van der Waals surface area contributed by atoms with Gasteiger partial charge in [0.2, 0.25) is 5.91 Å². The molecule has 0 heterocycles. The largest absolute Gasteiger partial charge is 0.472 e. The van der Waals surface area contributed by atoms with E-state index in [2.05, 4.69) is 43.5 Å². The van der Waals surface area contributed by atoms with Gasteiger partial charge >= 0.3 is 7.82 Å². The fraction of sp³-hybridized carbons (Fsp3) is 0.865. The Kier molecular flexibility index (Phi) is 43.0. The molecule has 0 bridgehead atoms. The molecule has 0 saturated carbocycles. The van der Waals surface area contributed by atoms with E-state index in [9.17, 15) is 19.4 Å². The van der Waals surface area contributed by atoms with Crippen LogP contribution in [0.3, 0.4) is 0 Å². The molecular weight excluding hydrogens is 780 g/mol. The Bertz CT molecular complexity index is 1090. The third kappa shape index (κ3) is 46.5. The number of hydrogen-bond acceptors (Lipinski definition) is 5. The Morgan fingerprint density at radius 1 is 0.557 bits per heavy atom. The lowest BCUT2D eigenvalue weighted by Crippen LogP contribution is -2.45. The summed E-state index contributed by atoms with van der Waals surface area (Å²) in [4.78, 5) is 23.2. The maximum atomic E-state index is 12.9. The first-order chi connectivity index (χ1) is 29.5. The molecule has 0 saturated heterocycles. The van der Waals surface area contributed by atoms with E-state index in [1.807, 2.05) is 27.2 Å². The van der Waals surface area contributed by atoms with Gasteiger partial charge in [0.05, 0.1) is 39.9 Å². The number of nitrogens with zero attached hydrogens (tertiary/aromatic N) is 1. The van der Waals surface area contributed by atoms with Crippen LogP contribution in [-0.4, -0.2) is 73.4 Å². The highest BCUT2D eigenvalue weighted by Crippen LogP contribution is 2.43. The smallest absolute Gasteiger partial charge is 0.387 e. The van der Waals surface area contributed by atoms with Gasteiger partial charge in [0.15, 0.2) is 0 Å². The molecule has 3 atom stereocenters. The van der Waals surface area contributed by atoms with Crippen molar-refractivity contribution >= 4 is 13.7 Å². The molecule has 0 aliphatic rings. The van der Waals surface area contributed by atoms with Crippen molar-refractivity contribution in [1.82, 2.24) is 5.32 Å². The van der Waals surface area contributed by atoms with Gasteiger partial charge in [0, 0.05) is 6.42 Å². The Hall–Kier alpha value is -1.28. The first-order valence-corrected chi connectivity index (χ1v) is 27.4. The van der Waals surface area contributed by atoms with E-state index in [-0.39, 0.29) is 19.1 Å². The molecule has 0 radical (unpaired) electrons. The first-order valence-electron chi connectivity index (χ1n) is 25.9. The second kappa shape index (κ2) is 43.9. The van der Waals surface area contributed by atoms with E-state index >= 15 is 0 Å². The number of likely N-dealkylation sites (N-methyl/N-ethyl adjacent to an activating group) is 1. The van der Waals surface area contributed by atoms with Gasteiger partial charge in [-0.05, 0) is 51.4 Å². The fourth-order valence-corrected chi connectivity index (χ4v) is 8.22. The van der Waals surface area contributed by atoms with Crippen molar-refractivity contribution in [2.45, 2.75) is 251 Å². The minimum Gasteiger partial charge on any atom is -0.387 e. The predicted octanol–water partition coefficient (Wildman–Crippen LogP) is 15.0. The zero-order chi connectivity index (χ0) is 45.0. The lowest BCUT2D eigenvalue weighted by atomic mass is 10.0. The van der Waals surface area contributed by atoms with Crippen LogP contribution >= 0.6 is 7.82 Å². The highest BCUT2D eigenvalue weighted by atomic mass is 31.2. The maximum absolute atomic E-state index is 12.9.